The highest BCUT2D eigenvalue weighted by Crippen LogP contribution is 2.28. The van der Waals surface area contributed by atoms with Crippen LogP contribution < -0.4 is 16.2 Å². The van der Waals surface area contributed by atoms with Crippen LogP contribution in [0.5, 0.6) is 0 Å². The number of hydrazine groups is 1. The maximum atomic E-state index is 12.4. The van der Waals surface area contributed by atoms with E-state index in [1.54, 1.807) is 12.1 Å². The van der Waals surface area contributed by atoms with Crippen molar-refractivity contribution in [2.45, 2.75) is 104 Å². The van der Waals surface area contributed by atoms with Gasteiger partial charge < -0.3 is 5.32 Å². The highest BCUT2D eigenvalue weighted by atomic mass is 16.6. The summed E-state index contributed by atoms with van der Waals surface area (Å²) in [5, 5.41) is 14.8. The van der Waals surface area contributed by atoms with E-state index in [9.17, 15) is 14.9 Å². The molecule has 0 unspecified atom stereocenters. The van der Waals surface area contributed by atoms with Crippen molar-refractivity contribution in [1.82, 2.24) is 15.4 Å². The standard InChI is InChI=1S/C28H44N6O3/c1-3-4-5-6-7-8-9-10-11-12-13-14-15-18-21-29-26-25(34(36)37)27(31-22-30-26)32-33-28(35)24-20-17-16-19-23(24)2/h16-17,19-20,22H,3-15,18,21H2,1-2H3,(H,33,35)(H2,29,30,31,32). The van der Waals surface area contributed by atoms with Gasteiger partial charge in [-0.1, -0.05) is 109 Å². The molecule has 0 bridgehead atoms. The number of rotatable bonds is 20. The number of hydrogen-bond donors (Lipinski definition) is 3. The quantitative estimate of drug-likeness (QED) is 0.0963. The van der Waals surface area contributed by atoms with Crippen LogP contribution >= 0.6 is 0 Å². The molecule has 204 valence electrons. The summed E-state index contributed by atoms with van der Waals surface area (Å²) in [5.41, 5.74) is 6.05. The van der Waals surface area contributed by atoms with Gasteiger partial charge in [-0.25, -0.2) is 9.97 Å². The number of aryl methyl sites for hydroxylation is 1. The molecule has 3 N–H and O–H groups in total. The molecule has 0 aliphatic rings. The van der Waals surface area contributed by atoms with E-state index < -0.39 is 10.8 Å². The lowest BCUT2D eigenvalue weighted by molar-refractivity contribution is -0.383. The molecular formula is C28H44N6O3. The maximum absolute atomic E-state index is 12.4. The lowest BCUT2D eigenvalue weighted by atomic mass is 10.0. The third-order valence-corrected chi connectivity index (χ3v) is 6.51. The van der Waals surface area contributed by atoms with E-state index in [0.717, 1.165) is 18.4 Å². The van der Waals surface area contributed by atoms with Crippen molar-refractivity contribution in [2.24, 2.45) is 0 Å². The van der Waals surface area contributed by atoms with Crippen LogP contribution in [0.15, 0.2) is 30.6 Å². The Hall–Kier alpha value is -3.23. The van der Waals surface area contributed by atoms with Crippen molar-refractivity contribution in [1.29, 1.82) is 0 Å². The first kappa shape index (κ1) is 30.0. The molecule has 0 aliphatic carbocycles. The predicted octanol–water partition coefficient (Wildman–Crippen LogP) is 7.34. The summed E-state index contributed by atoms with van der Waals surface area (Å²) in [6.45, 7) is 4.67. The van der Waals surface area contributed by atoms with E-state index in [2.05, 4.69) is 33.1 Å². The highest BCUT2D eigenvalue weighted by molar-refractivity contribution is 5.96. The molecule has 1 heterocycles. The van der Waals surface area contributed by atoms with Gasteiger partial charge in [-0.15, -0.1) is 0 Å². The second kappa shape index (κ2) is 18.1. The minimum Gasteiger partial charge on any atom is -0.364 e. The van der Waals surface area contributed by atoms with Crippen LogP contribution in [0, 0.1) is 17.0 Å². The molecule has 37 heavy (non-hydrogen) atoms. The number of carbonyl (C=O) groups is 1. The fraction of sp³-hybridized carbons (Fsp3) is 0.607. The number of amides is 1. The first-order valence-corrected chi connectivity index (χ1v) is 13.9. The van der Waals surface area contributed by atoms with Crippen LogP contribution in [-0.4, -0.2) is 27.3 Å². The van der Waals surface area contributed by atoms with Gasteiger partial charge in [0.15, 0.2) is 0 Å². The van der Waals surface area contributed by atoms with Crippen LogP contribution in [0.2, 0.25) is 0 Å². The fourth-order valence-corrected chi connectivity index (χ4v) is 4.31. The zero-order valence-electron chi connectivity index (χ0n) is 22.6. The number of aromatic nitrogens is 2. The summed E-state index contributed by atoms with van der Waals surface area (Å²) in [6.07, 6.45) is 19.1. The molecule has 0 spiro atoms. The first-order valence-electron chi connectivity index (χ1n) is 13.9. The maximum Gasteiger partial charge on any atom is 0.354 e. The smallest absolute Gasteiger partial charge is 0.354 e. The number of hydrogen-bond acceptors (Lipinski definition) is 7. The van der Waals surface area contributed by atoms with Gasteiger partial charge in [0.1, 0.15) is 6.33 Å². The van der Waals surface area contributed by atoms with Gasteiger partial charge >= 0.3 is 5.69 Å². The Morgan fingerprint density at radius 3 is 1.95 bits per heavy atom. The zero-order valence-corrected chi connectivity index (χ0v) is 22.6. The van der Waals surface area contributed by atoms with Gasteiger partial charge in [0.05, 0.1) is 4.92 Å². The molecule has 0 fully saturated rings. The molecule has 0 radical (unpaired) electrons. The fourth-order valence-electron chi connectivity index (χ4n) is 4.31. The summed E-state index contributed by atoms with van der Waals surface area (Å²) >= 11 is 0. The summed E-state index contributed by atoms with van der Waals surface area (Å²) in [4.78, 5) is 31.6. The molecule has 0 saturated carbocycles. The monoisotopic (exact) mass is 512 g/mol. The average molecular weight is 513 g/mol. The van der Waals surface area contributed by atoms with Crippen molar-refractivity contribution < 1.29 is 9.72 Å². The number of anilines is 2. The van der Waals surface area contributed by atoms with Crippen LogP contribution in [0.25, 0.3) is 0 Å². The first-order chi connectivity index (χ1) is 18.0. The number of nitro groups is 1. The molecule has 0 aliphatic heterocycles. The Bertz CT molecular complexity index is 953. The number of benzene rings is 1. The van der Waals surface area contributed by atoms with E-state index in [-0.39, 0.29) is 17.3 Å². The minimum absolute atomic E-state index is 0.0645. The van der Waals surface area contributed by atoms with Crippen molar-refractivity contribution in [3.05, 3.63) is 51.8 Å². The Labute approximate surface area is 221 Å². The molecule has 0 atom stereocenters. The Balaban J connectivity index is 1.65. The molecule has 9 nitrogen and oxygen atoms in total. The van der Waals surface area contributed by atoms with Crippen molar-refractivity contribution >= 4 is 23.2 Å². The van der Waals surface area contributed by atoms with Crippen molar-refractivity contribution in [2.75, 3.05) is 17.3 Å². The molecule has 2 aromatic rings. The van der Waals surface area contributed by atoms with E-state index >= 15 is 0 Å². The molecular weight excluding hydrogens is 468 g/mol. The summed E-state index contributed by atoms with van der Waals surface area (Å²) in [6, 6.07) is 7.10. The highest BCUT2D eigenvalue weighted by Gasteiger charge is 2.23. The Kier molecular flexibility index (Phi) is 14.7. The van der Waals surface area contributed by atoms with E-state index in [1.165, 1.54) is 83.4 Å². The van der Waals surface area contributed by atoms with Crippen LogP contribution in [0.1, 0.15) is 113 Å². The molecule has 1 aromatic carbocycles. The molecule has 1 aromatic heterocycles. The van der Waals surface area contributed by atoms with Crippen LogP contribution in [0.3, 0.4) is 0 Å². The van der Waals surface area contributed by atoms with Gasteiger partial charge in [-0.3, -0.25) is 25.8 Å². The summed E-state index contributed by atoms with van der Waals surface area (Å²) < 4.78 is 0. The summed E-state index contributed by atoms with van der Waals surface area (Å²) in [7, 11) is 0. The van der Waals surface area contributed by atoms with Crippen molar-refractivity contribution in [3.63, 3.8) is 0 Å². The molecule has 1 amide bonds. The topological polar surface area (TPSA) is 122 Å². The van der Waals surface area contributed by atoms with E-state index in [0.29, 0.717) is 12.1 Å². The van der Waals surface area contributed by atoms with E-state index in [4.69, 9.17) is 0 Å². The lowest BCUT2D eigenvalue weighted by Crippen LogP contribution is -2.31. The van der Waals surface area contributed by atoms with Gasteiger partial charge in [-0.05, 0) is 25.0 Å². The third kappa shape index (κ3) is 11.6. The molecule has 0 saturated heterocycles. The van der Waals surface area contributed by atoms with Gasteiger partial charge in [0, 0.05) is 12.1 Å². The molecule has 9 heteroatoms. The lowest BCUT2D eigenvalue weighted by Gasteiger charge is -2.11. The van der Waals surface area contributed by atoms with Crippen LogP contribution in [0.4, 0.5) is 17.3 Å². The number of nitrogens with one attached hydrogen (secondary N) is 3. The second-order valence-corrected chi connectivity index (χ2v) is 9.59. The average Bonchev–Trinajstić information content (AvgIpc) is 2.89. The van der Waals surface area contributed by atoms with Crippen molar-refractivity contribution in [3.8, 4) is 0 Å². The molecule has 2 rings (SSSR count). The number of carbonyl (C=O) groups excluding carboxylic acids is 1. The predicted molar refractivity (Wildman–Crippen MR) is 150 cm³/mol. The van der Waals surface area contributed by atoms with Gasteiger partial charge in [0.2, 0.25) is 11.6 Å². The normalized spacial score (nSPS) is 10.8. The number of unbranched alkanes of at least 4 members (excludes halogenated alkanes) is 13. The largest absolute Gasteiger partial charge is 0.364 e. The minimum atomic E-state index is -0.546. The Morgan fingerprint density at radius 2 is 1.38 bits per heavy atom. The van der Waals surface area contributed by atoms with Crippen LogP contribution in [-0.2, 0) is 0 Å². The number of nitrogens with zero attached hydrogens (tertiary/aromatic N) is 3. The van der Waals surface area contributed by atoms with E-state index in [1.807, 2.05) is 19.1 Å². The summed E-state index contributed by atoms with van der Waals surface area (Å²) in [5.74, 6) is -0.323. The SMILES string of the molecule is CCCCCCCCCCCCCCCCNc1ncnc(NNC(=O)c2ccccc2C)c1[N+](=O)[O-]. The van der Waals surface area contributed by atoms with Gasteiger partial charge in [-0.2, -0.15) is 0 Å². The second-order valence-electron chi connectivity index (χ2n) is 9.59. The third-order valence-electron chi connectivity index (χ3n) is 6.51. The van der Waals surface area contributed by atoms with Gasteiger partial charge in [0.25, 0.3) is 5.91 Å². The zero-order chi connectivity index (χ0) is 26.7. The Morgan fingerprint density at radius 1 is 0.838 bits per heavy atom.